The van der Waals surface area contributed by atoms with Gasteiger partial charge in [0.15, 0.2) is 0 Å². The van der Waals surface area contributed by atoms with Crippen molar-refractivity contribution >= 4 is 11.7 Å². The van der Waals surface area contributed by atoms with Crippen molar-refractivity contribution in [3.63, 3.8) is 0 Å². The Morgan fingerprint density at radius 3 is 2.74 bits per heavy atom. The van der Waals surface area contributed by atoms with E-state index in [-0.39, 0.29) is 5.56 Å². The molecule has 0 spiro atoms. The molecule has 1 heterocycles. The van der Waals surface area contributed by atoms with Crippen molar-refractivity contribution in [2.75, 3.05) is 38.1 Å². The number of halogens is 1. The molecular formula is C14H19FN2O2. The van der Waals surface area contributed by atoms with Gasteiger partial charge in [0.2, 0.25) is 0 Å². The van der Waals surface area contributed by atoms with Crippen LogP contribution in [0.1, 0.15) is 23.2 Å². The van der Waals surface area contributed by atoms with Crippen LogP contribution >= 0.6 is 0 Å². The molecule has 0 unspecified atom stereocenters. The Labute approximate surface area is 112 Å². The number of rotatable bonds is 5. The van der Waals surface area contributed by atoms with Crippen LogP contribution in [-0.2, 0) is 0 Å². The molecule has 1 fully saturated rings. The summed E-state index contributed by atoms with van der Waals surface area (Å²) in [5.74, 6) is -1.90. The van der Waals surface area contributed by atoms with Crippen LogP contribution in [0.3, 0.4) is 0 Å². The Bertz CT molecular complexity index is 459. The van der Waals surface area contributed by atoms with Crippen LogP contribution in [0.4, 0.5) is 10.1 Å². The minimum Gasteiger partial charge on any atom is -0.478 e. The molecule has 5 heteroatoms. The Morgan fingerprint density at radius 1 is 1.42 bits per heavy atom. The number of anilines is 1. The summed E-state index contributed by atoms with van der Waals surface area (Å²) < 4.78 is 13.6. The number of nitrogens with zero attached hydrogens (tertiary/aromatic N) is 2. The van der Waals surface area contributed by atoms with E-state index in [9.17, 15) is 9.18 Å². The maximum absolute atomic E-state index is 13.6. The number of likely N-dealkylation sites (N-methyl/N-ethyl adjacent to an activating group) is 1. The molecule has 1 N–H and O–H groups in total. The van der Waals surface area contributed by atoms with Crippen molar-refractivity contribution in [3.05, 3.63) is 29.6 Å². The third-order valence-electron chi connectivity index (χ3n) is 3.57. The molecule has 0 radical (unpaired) electrons. The van der Waals surface area contributed by atoms with E-state index in [1.807, 2.05) is 4.90 Å². The van der Waals surface area contributed by atoms with E-state index in [4.69, 9.17) is 5.11 Å². The highest BCUT2D eigenvalue weighted by atomic mass is 19.1. The molecule has 1 aromatic rings. The summed E-state index contributed by atoms with van der Waals surface area (Å²) in [7, 11) is 1.80. The van der Waals surface area contributed by atoms with Gasteiger partial charge in [-0.25, -0.2) is 9.18 Å². The maximum Gasteiger partial charge on any atom is 0.340 e. The number of aromatic carboxylic acids is 1. The number of hydrogen-bond donors (Lipinski definition) is 1. The van der Waals surface area contributed by atoms with Gasteiger partial charge >= 0.3 is 5.97 Å². The Morgan fingerprint density at radius 2 is 2.11 bits per heavy atom. The van der Waals surface area contributed by atoms with Gasteiger partial charge < -0.3 is 14.9 Å². The van der Waals surface area contributed by atoms with Gasteiger partial charge in [-0.2, -0.15) is 0 Å². The summed E-state index contributed by atoms with van der Waals surface area (Å²) in [6.45, 7) is 3.78. The summed E-state index contributed by atoms with van der Waals surface area (Å²) in [6.07, 6.45) is 2.45. The highest BCUT2D eigenvalue weighted by Gasteiger charge is 2.19. The van der Waals surface area contributed by atoms with Gasteiger partial charge in [-0.3, -0.25) is 0 Å². The second kappa shape index (κ2) is 6.02. The van der Waals surface area contributed by atoms with E-state index in [1.54, 1.807) is 19.2 Å². The predicted molar refractivity (Wildman–Crippen MR) is 72.3 cm³/mol. The Balaban J connectivity index is 2.07. The molecule has 0 saturated carbocycles. The van der Waals surface area contributed by atoms with Crippen LogP contribution in [-0.4, -0.2) is 49.2 Å². The van der Waals surface area contributed by atoms with Gasteiger partial charge in [0.1, 0.15) is 11.4 Å². The van der Waals surface area contributed by atoms with Crippen LogP contribution in [0.15, 0.2) is 18.2 Å². The number of benzene rings is 1. The molecule has 1 aliphatic heterocycles. The molecule has 0 aliphatic carbocycles. The van der Waals surface area contributed by atoms with E-state index in [0.717, 1.165) is 19.6 Å². The topological polar surface area (TPSA) is 43.8 Å². The van der Waals surface area contributed by atoms with Gasteiger partial charge in [-0.05, 0) is 38.1 Å². The molecule has 0 amide bonds. The highest BCUT2D eigenvalue weighted by molar-refractivity contribution is 5.94. The van der Waals surface area contributed by atoms with Crippen molar-refractivity contribution in [3.8, 4) is 0 Å². The number of carboxylic acid groups (broad SMARTS) is 1. The predicted octanol–water partition coefficient (Wildman–Crippen LogP) is 2.06. The first-order chi connectivity index (χ1) is 9.09. The highest BCUT2D eigenvalue weighted by Crippen LogP contribution is 2.22. The van der Waals surface area contributed by atoms with E-state index >= 15 is 0 Å². The molecular weight excluding hydrogens is 247 g/mol. The fraction of sp³-hybridized carbons (Fsp3) is 0.500. The minimum absolute atomic E-state index is 0.244. The lowest BCUT2D eigenvalue weighted by atomic mass is 10.1. The fourth-order valence-corrected chi connectivity index (χ4v) is 2.46. The first kappa shape index (κ1) is 13.8. The van der Waals surface area contributed by atoms with E-state index in [0.29, 0.717) is 12.2 Å². The quantitative estimate of drug-likeness (QED) is 0.886. The summed E-state index contributed by atoms with van der Waals surface area (Å²) in [5, 5.41) is 9.10. The van der Waals surface area contributed by atoms with Crippen LogP contribution in [0.2, 0.25) is 0 Å². The zero-order valence-electron chi connectivity index (χ0n) is 11.1. The van der Waals surface area contributed by atoms with Gasteiger partial charge in [0.05, 0.1) is 5.69 Å². The zero-order valence-corrected chi connectivity index (χ0v) is 11.1. The number of carboxylic acids is 1. The Hall–Kier alpha value is -1.62. The smallest absolute Gasteiger partial charge is 0.340 e. The van der Waals surface area contributed by atoms with Crippen molar-refractivity contribution in [1.82, 2.24) is 4.90 Å². The van der Waals surface area contributed by atoms with Crippen molar-refractivity contribution in [2.24, 2.45) is 0 Å². The molecule has 1 aromatic carbocycles. The van der Waals surface area contributed by atoms with Crippen molar-refractivity contribution < 1.29 is 14.3 Å². The fourth-order valence-electron chi connectivity index (χ4n) is 2.46. The van der Waals surface area contributed by atoms with E-state index in [2.05, 4.69) is 4.90 Å². The third kappa shape index (κ3) is 3.23. The third-order valence-corrected chi connectivity index (χ3v) is 3.57. The second-order valence-electron chi connectivity index (χ2n) is 4.91. The summed E-state index contributed by atoms with van der Waals surface area (Å²) in [6, 6.07) is 4.38. The number of likely N-dealkylation sites (tertiary alicyclic amines) is 1. The van der Waals surface area contributed by atoms with Gasteiger partial charge in [-0.1, -0.05) is 6.07 Å². The maximum atomic E-state index is 13.6. The lowest BCUT2D eigenvalue weighted by Gasteiger charge is -2.24. The average molecular weight is 266 g/mol. The Kier molecular flexibility index (Phi) is 4.37. The molecule has 0 atom stereocenters. The molecule has 0 bridgehead atoms. The standard InChI is InChI=1S/C14H19FN2O2/c1-16(9-10-17-7-2-3-8-17)12-6-4-5-11(15)13(12)14(18)19/h4-6H,2-3,7-10H2,1H3,(H,18,19). The molecule has 19 heavy (non-hydrogen) atoms. The van der Waals surface area contributed by atoms with Gasteiger partial charge in [0.25, 0.3) is 0 Å². The van der Waals surface area contributed by atoms with Crippen LogP contribution in [0.5, 0.6) is 0 Å². The minimum atomic E-state index is -1.22. The summed E-state index contributed by atoms with van der Waals surface area (Å²) >= 11 is 0. The second-order valence-corrected chi connectivity index (χ2v) is 4.91. The molecule has 4 nitrogen and oxygen atoms in total. The van der Waals surface area contributed by atoms with Gasteiger partial charge in [-0.15, -0.1) is 0 Å². The zero-order chi connectivity index (χ0) is 13.8. The number of carbonyl (C=O) groups is 1. The lowest BCUT2D eigenvalue weighted by Crippen LogP contribution is -2.32. The van der Waals surface area contributed by atoms with Crippen LogP contribution in [0.25, 0.3) is 0 Å². The van der Waals surface area contributed by atoms with Crippen molar-refractivity contribution in [2.45, 2.75) is 12.8 Å². The van der Waals surface area contributed by atoms with E-state index in [1.165, 1.54) is 18.9 Å². The molecule has 1 saturated heterocycles. The first-order valence-corrected chi connectivity index (χ1v) is 6.55. The molecule has 1 aliphatic rings. The normalized spacial score (nSPS) is 15.7. The summed E-state index contributed by atoms with van der Waals surface area (Å²) in [5.41, 5.74) is 0.193. The monoisotopic (exact) mass is 266 g/mol. The van der Waals surface area contributed by atoms with Crippen molar-refractivity contribution in [1.29, 1.82) is 0 Å². The van der Waals surface area contributed by atoms with Crippen LogP contribution in [0, 0.1) is 5.82 Å². The number of hydrogen-bond acceptors (Lipinski definition) is 3. The average Bonchev–Trinajstić information content (AvgIpc) is 2.88. The van der Waals surface area contributed by atoms with Gasteiger partial charge in [0, 0.05) is 20.1 Å². The molecule has 0 aromatic heterocycles. The SMILES string of the molecule is CN(CCN1CCCC1)c1cccc(F)c1C(=O)O. The largest absolute Gasteiger partial charge is 0.478 e. The molecule has 2 rings (SSSR count). The molecule has 104 valence electrons. The van der Waals surface area contributed by atoms with Crippen LogP contribution < -0.4 is 4.90 Å². The lowest BCUT2D eigenvalue weighted by molar-refractivity contribution is 0.0692. The van der Waals surface area contributed by atoms with E-state index < -0.39 is 11.8 Å². The first-order valence-electron chi connectivity index (χ1n) is 6.55. The summed E-state index contributed by atoms with van der Waals surface area (Å²) in [4.78, 5) is 15.3.